The molecule has 3 aromatic carbocycles. The first-order valence-corrected chi connectivity index (χ1v) is 16.9. The van der Waals surface area contributed by atoms with Crippen LogP contribution in [0.5, 0.6) is 0 Å². The Morgan fingerprint density at radius 1 is 0.739 bits per heavy atom. The minimum Gasteiger partial charge on any atom is -0.340 e. The van der Waals surface area contributed by atoms with Gasteiger partial charge in [0.05, 0.1) is 35.0 Å². The van der Waals surface area contributed by atoms with Gasteiger partial charge in [0, 0.05) is 31.5 Å². The molecule has 7 rings (SSSR count). The number of hydrogen-bond donors (Lipinski definition) is 2. The molecule has 2 unspecified atom stereocenters. The highest BCUT2D eigenvalue weighted by molar-refractivity contribution is 5.92. The van der Waals surface area contributed by atoms with Gasteiger partial charge in [0.1, 0.15) is 11.6 Å². The first-order chi connectivity index (χ1) is 22.2. The van der Waals surface area contributed by atoms with E-state index in [4.69, 9.17) is 9.97 Å². The molecule has 8 heteroatoms. The Bertz CT molecular complexity index is 1900. The van der Waals surface area contributed by atoms with Crippen LogP contribution in [0.2, 0.25) is 0 Å². The van der Waals surface area contributed by atoms with Crippen LogP contribution in [0, 0.1) is 11.8 Å². The number of aromatic nitrogens is 4. The number of nitrogens with zero attached hydrogens (tertiary/aromatic N) is 4. The van der Waals surface area contributed by atoms with Crippen molar-refractivity contribution in [3.8, 4) is 22.4 Å². The summed E-state index contributed by atoms with van der Waals surface area (Å²) in [5.74, 6) is 2.90. The number of benzene rings is 3. The number of likely N-dealkylation sites (tertiary alicyclic amines) is 2. The maximum absolute atomic E-state index is 12.9. The second kappa shape index (κ2) is 12.4. The molecule has 2 aliphatic heterocycles. The quantitative estimate of drug-likeness (QED) is 0.184. The average molecular weight is 617 g/mol. The number of H-pyrrole nitrogens is 2. The van der Waals surface area contributed by atoms with E-state index in [1.807, 2.05) is 16.0 Å². The monoisotopic (exact) mass is 616 g/mol. The van der Waals surface area contributed by atoms with Crippen LogP contribution in [0.15, 0.2) is 60.8 Å². The van der Waals surface area contributed by atoms with E-state index in [9.17, 15) is 9.59 Å². The number of aromatic amines is 2. The number of hydrogen-bond acceptors (Lipinski definition) is 4. The zero-order valence-corrected chi connectivity index (χ0v) is 27.3. The molecule has 0 bridgehead atoms. The summed E-state index contributed by atoms with van der Waals surface area (Å²) in [6.45, 7) is 9.97. The molecule has 0 spiro atoms. The number of imidazole rings is 2. The van der Waals surface area contributed by atoms with E-state index >= 15 is 0 Å². The second-order valence-electron chi connectivity index (χ2n) is 14.0. The number of nitrogens with one attached hydrogen (secondary N) is 2. The van der Waals surface area contributed by atoms with Crippen molar-refractivity contribution in [2.75, 3.05) is 13.1 Å². The molecule has 238 valence electrons. The highest BCUT2D eigenvalue weighted by Crippen LogP contribution is 2.35. The molecule has 8 nitrogen and oxygen atoms in total. The van der Waals surface area contributed by atoms with Gasteiger partial charge in [0.2, 0.25) is 11.8 Å². The Balaban J connectivity index is 1.10. The summed E-state index contributed by atoms with van der Waals surface area (Å²) in [6.07, 6.45) is 6.96. The van der Waals surface area contributed by atoms with E-state index in [0.29, 0.717) is 24.7 Å². The molecule has 0 aliphatic carbocycles. The fourth-order valence-electron chi connectivity index (χ4n) is 7.24. The van der Waals surface area contributed by atoms with Gasteiger partial charge in [0.15, 0.2) is 0 Å². The van der Waals surface area contributed by atoms with E-state index in [2.05, 4.69) is 92.3 Å². The van der Waals surface area contributed by atoms with Crippen LogP contribution in [-0.2, 0) is 9.59 Å². The molecule has 4 heterocycles. The first kappa shape index (κ1) is 30.2. The lowest BCUT2D eigenvalue weighted by Crippen LogP contribution is -2.31. The Labute approximate surface area is 270 Å². The zero-order valence-electron chi connectivity index (χ0n) is 27.3. The van der Waals surface area contributed by atoms with E-state index in [-0.39, 0.29) is 23.9 Å². The van der Waals surface area contributed by atoms with Crippen molar-refractivity contribution in [1.82, 2.24) is 29.7 Å². The van der Waals surface area contributed by atoms with E-state index in [1.165, 1.54) is 0 Å². The predicted octanol–water partition coefficient (Wildman–Crippen LogP) is 8.19. The summed E-state index contributed by atoms with van der Waals surface area (Å²) >= 11 is 0. The highest BCUT2D eigenvalue weighted by atomic mass is 16.2. The van der Waals surface area contributed by atoms with Gasteiger partial charge in [-0.05, 0) is 83.7 Å². The summed E-state index contributed by atoms with van der Waals surface area (Å²) < 4.78 is 0. The van der Waals surface area contributed by atoms with Crippen LogP contribution < -0.4 is 0 Å². The minimum atomic E-state index is 0.0207. The van der Waals surface area contributed by atoms with Gasteiger partial charge >= 0.3 is 0 Å². The first-order valence-electron chi connectivity index (χ1n) is 16.9. The van der Waals surface area contributed by atoms with E-state index in [0.717, 1.165) is 94.6 Å². The van der Waals surface area contributed by atoms with Crippen molar-refractivity contribution in [2.24, 2.45) is 11.8 Å². The maximum Gasteiger partial charge on any atom is 0.223 e. The van der Waals surface area contributed by atoms with Crippen molar-refractivity contribution in [1.29, 1.82) is 0 Å². The molecule has 2 amide bonds. The molecule has 0 saturated carbocycles. The van der Waals surface area contributed by atoms with E-state index < -0.39 is 0 Å². The Hall–Kier alpha value is -4.46. The summed E-state index contributed by atoms with van der Waals surface area (Å²) in [4.78, 5) is 46.5. The van der Waals surface area contributed by atoms with Gasteiger partial charge in [-0.1, -0.05) is 58.0 Å². The van der Waals surface area contributed by atoms with Crippen molar-refractivity contribution in [3.05, 3.63) is 72.4 Å². The molecule has 46 heavy (non-hydrogen) atoms. The molecule has 2 aliphatic rings. The van der Waals surface area contributed by atoms with Gasteiger partial charge < -0.3 is 19.8 Å². The highest BCUT2D eigenvalue weighted by Gasteiger charge is 2.33. The summed E-state index contributed by atoms with van der Waals surface area (Å²) in [7, 11) is 0. The molecule has 2 fully saturated rings. The standard InChI is InChI=1S/C38H44N6O2/c1-23(2)17-35(45)43-15-5-7-33(43)37-39-22-32(42-37)29-12-11-25-19-26(9-10-27(25)20-29)28-13-14-30-31(21-28)41-38(40-30)34-8-6-16-44(34)36(46)18-24(3)4/h9-14,19-24,33-34H,5-8,15-18H2,1-4H3,(H,39,42)(H,40,41). The third-order valence-electron chi connectivity index (χ3n) is 9.52. The zero-order chi connectivity index (χ0) is 31.9. The smallest absolute Gasteiger partial charge is 0.223 e. The Kier molecular flexibility index (Phi) is 8.13. The largest absolute Gasteiger partial charge is 0.340 e. The van der Waals surface area contributed by atoms with Crippen LogP contribution in [0.25, 0.3) is 44.2 Å². The third-order valence-corrected chi connectivity index (χ3v) is 9.52. The number of carbonyl (C=O) groups excluding carboxylic acids is 2. The Morgan fingerprint density at radius 3 is 1.96 bits per heavy atom. The molecule has 2 saturated heterocycles. The summed E-state index contributed by atoms with van der Waals surface area (Å²) in [5, 5.41) is 2.32. The number of carbonyl (C=O) groups is 2. The maximum atomic E-state index is 12.9. The molecule has 2 aromatic heterocycles. The fourth-order valence-corrected chi connectivity index (χ4v) is 7.24. The molecule has 5 aromatic rings. The minimum absolute atomic E-state index is 0.0207. The van der Waals surface area contributed by atoms with Gasteiger partial charge in [-0.15, -0.1) is 0 Å². The van der Waals surface area contributed by atoms with Crippen LogP contribution in [-0.4, -0.2) is 54.6 Å². The number of amides is 2. The molecular weight excluding hydrogens is 572 g/mol. The molecule has 0 radical (unpaired) electrons. The van der Waals surface area contributed by atoms with Crippen molar-refractivity contribution < 1.29 is 9.59 Å². The van der Waals surface area contributed by atoms with Crippen molar-refractivity contribution in [2.45, 2.75) is 78.3 Å². The van der Waals surface area contributed by atoms with E-state index in [1.54, 1.807) is 0 Å². The van der Waals surface area contributed by atoms with Gasteiger partial charge in [0.25, 0.3) is 0 Å². The lowest BCUT2D eigenvalue weighted by molar-refractivity contribution is -0.133. The normalized spacial score (nSPS) is 18.6. The topological polar surface area (TPSA) is 98.0 Å². The average Bonchev–Trinajstić information content (AvgIpc) is 3.85. The Morgan fingerprint density at radius 2 is 1.30 bits per heavy atom. The van der Waals surface area contributed by atoms with Crippen molar-refractivity contribution >= 4 is 33.6 Å². The second-order valence-corrected chi connectivity index (χ2v) is 14.0. The molecule has 2 N–H and O–H groups in total. The van der Waals surface area contributed by atoms with Gasteiger partial charge in [-0.25, -0.2) is 9.97 Å². The fraction of sp³-hybridized carbons (Fsp3) is 0.421. The number of fused-ring (bicyclic) bond motifs is 2. The third kappa shape index (κ3) is 5.93. The van der Waals surface area contributed by atoms with Crippen LogP contribution in [0.1, 0.15) is 90.0 Å². The number of rotatable bonds is 8. The van der Waals surface area contributed by atoms with Crippen LogP contribution >= 0.6 is 0 Å². The van der Waals surface area contributed by atoms with Crippen LogP contribution in [0.3, 0.4) is 0 Å². The molecule has 2 atom stereocenters. The lowest BCUT2D eigenvalue weighted by atomic mass is 9.99. The lowest BCUT2D eigenvalue weighted by Gasteiger charge is -2.24. The predicted molar refractivity (Wildman–Crippen MR) is 183 cm³/mol. The summed E-state index contributed by atoms with van der Waals surface area (Å²) in [5.41, 5.74) is 6.24. The van der Waals surface area contributed by atoms with Crippen LogP contribution in [0.4, 0.5) is 0 Å². The SMILES string of the molecule is CC(C)CC(=O)N1CCCC1c1ncc(-c2ccc3cc(-c4ccc5nc(C6CCCN6C(=O)CC(C)C)[nH]c5c4)ccc3c2)[nH]1. The van der Waals surface area contributed by atoms with Gasteiger partial charge in [-0.2, -0.15) is 0 Å². The van der Waals surface area contributed by atoms with Gasteiger partial charge in [-0.3, -0.25) is 9.59 Å². The summed E-state index contributed by atoms with van der Waals surface area (Å²) in [6, 6.07) is 19.5. The molecular formula is C38H44N6O2. The van der Waals surface area contributed by atoms with Crippen molar-refractivity contribution in [3.63, 3.8) is 0 Å².